The summed E-state index contributed by atoms with van der Waals surface area (Å²) >= 11 is 5.70. The number of amides is 1. The molecule has 6 nitrogen and oxygen atoms in total. The molecule has 1 aliphatic heterocycles. The van der Waals surface area contributed by atoms with Crippen molar-refractivity contribution in [1.82, 2.24) is 4.90 Å². The Labute approximate surface area is 167 Å². The third-order valence-corrected chi connectivity index (χ3v) is 5.13. The van der Waals surface area contributed by atoms with E-state index in [2.05, 4.69) is 0 Å². The molecule has 1 aliphatic rings. The highest BCUT2D eigenvalue weighted by Crippen LogP contribution is 2.27. The number of carbonyl (C=O) groups is 1. The molecule has 148 valence electrons. The second-order valence-corrected chi connectivity index (χ2v) is 7.20. The average Bonchev–Trinajstić information content (AvgIpc) is 3.12. The number of halogens is 2. The molecular weight excluding hydrogens is 387 g/mol. The van der Waals surface area contributed by atoms with Gasteiger partial charge in [-0.1, -0.05) is 48.0 Å². The molecule has 1 saturated heterocycles. The fourth-order valence-electron chi connectivity index (χ4n) is 3.38. The van der Waals surface area contributed by atoms with Crippen molar-refractivity contribution in [3.05, 3.63) is 80.6 Å². The molecule has 0 bridgehead atoms. The van der Waals surface area contributed by atoms with Gasteiger partial charge < -0.3 is 9.64 Å². The van der Waals surface area contributed by atoms with Crippen LogP contribution in [0.4, 0.5) is 4.39 Å². The molecule has 0 saturated carbocycles. The zero-order chi connectivity index (χ0) is 20.1. The summed E-state index contributed by atoms with van der Waals surface area (Å²) in [7, 11) is 0. The number of carbonyl (C=O) groups excluding carboxylic acids is 1. The highest BCUT2D eigenvalue weighted by atomic mass is 35.5. The summed E-state index contributed by atoms with van der Waals surface area (Å²) in [5, 5.41) is 11.0. The minimum absolute atomic E-state index is 0.0641. The molecule has 0 aliphatic carbocycles. The molecular formula is C20H20ClFN2O4. The smallest absolute Gasteiger partial charge is 0.225 e. The predicted molar refractivity (Wildman–Crippen MR) is 102 cm³/mol. The maximum atomic E-state index is 13.8. The van der Waals surface area contributed by atoms with Gasteiger partial charge in [0.05, 0.1) is 23.6 Å². The summed E-state index contributed by atoms with van der Waals surface area (Å²) in [4.78, 5) is 25.1. The van der Waals surface area contributed by atoms with Crippen LogP contribution in [0.15, 0.2) is 48.5 Å². The number of nitrogens with zero attached hydrogens (tertiary/aromatic N) is 2. The van der Waals surface area contributed by atoms with Crippen LogP contribution in [0.5, 0.6) is 0 Å². The Hall–Kier alpha value is -2.51. The van der Waals surface area contributed by atoms with E-state index in [1.54, 1.807) is 4.90 Å². The topological polar surface area (TPSA) is 72.7 Å². The third kappa shape index (κ3) is 5.05. The quantitative estimate of drug-likeness (QED) is 0.519. The molecule has 1 fully saturated rings. The van der Waals surface area contributed by atoms with Crippen molar-refractivity contribution in [2.45, 2.75) is 24.8 Å². The molecule has 0 spiro atoms. The summed E-state index contributed by atoms with van der Waals surface area (Å²) in [5.41, 5.74) is 1.46. The van der Waals surface area contributed by atoms with E-state index in [9.17, 15) is 19.3 Å². The number of hydrogen-bond acceptors (Lipinski definition) is 4. The van der Waals surface area contributed by atoms with Crippen LogP contribution in [-0.2, 0) is 16.0 Å². The van der Waals surface area contributed by atoms with E-state index in [1.165, 1.54) is 12.1 Å². The van der Waals surface area contributed by atoms with E-state index in [1.807, 2.05) is 30.3 Å². The van der Waals surface area contributed by atoms with E-state index in [0.29, 0.717) is 18.6 Å². The van der Waals surface area contributed by atoms with Crippen LogP contribution in [0.1, 0.15) is 23.5 Å². The predicted octanol–water partition coefficient (Wildman–Crippen LogP) is 3.66. The van der Waals surface area contributed by atoms with Gasteiger partial charge in [-0.3, -0.25) is 14.9 Å². The second kappa shape index (κ2) is 9.12. The molecule has 0 unspecified atom stereocenters. The van der Waals surface area contributed by atoms with Crippen molar-refractivity contribution in [1.29, 1.82) is 0 Å². The summed E-state index contributed by atoms with van der Waals surface area (Å²) in [6, 6.07) is 13.6. The van der Waals surface area contributed by atoms with Crippen LogP contribution in [0, 0.1) is 15.9 Å². The summed E-state index contributed by atoms with van der Waals surface area (Å²) < 4.78 is 19.3. The highest BCUT2D eigenvalue weighted by molar-refractivity contribution is 6.30. The molecule has 0 N–H and O–H groups in total. The molecule has 3 rings (SSSR count). The van der Waals surface area contributed by atoms with Crippen molar-refractivity contribution in [3.63, 3.8) is 0 Å². The lowest BCUT2D eigenvalue weighted by Gasteiger charge is -2.24. The first-order valence-corrected chi connectivity index (χ1v) is 9.29. The van der Waals surface area contributed by atoms with Gasteiger partial charge in [-0.2, -0.15) is 0 Å². The molecule has 1 amide bonds. The zero-order valence-corrected chi connectivity index (χ0v) is 15.8. The number of ether oxygens (including phenoxy) is 1. The van der Waals surface area contributed by atoms with Gasteiger partial charge in [0.25, 0.3) is 0 Å². The molecule has 2 atom stereocenters. The van der Waals surface area contributed by atoms with Gasteiger partial charge in [0.1, 0.15) is 12.5 Å². The SMILES string of the molecule is O=C(C[C@H](C[N+](=O)[O-])c1ccc(Cl)c(F)c1)N1COC[C@@H]1Cc1ccccc1. The number of rotatable bonds is 7. The van der Waals surface area contributed by atoms with Crippen LogP contribution in [-0.4, -0.2) is 41.7 Å². The third-order valence-electron chi connectivity index (χ3n) is 4.82. The molecule has 2 aromatic carbocycles. The van der Waals surface area contributed by atoms with Gasteiger partial charge in [-0.15, -0.1) is 0 Å². The maximum Gasteiger partial charge on any atom is 0.225 e. The van der Waals surface area contributed by atoms with Crippen molar-refractivity contribution in [2.75, 3.05) is 19.9 Å². The van der Waals surface area contributed by atoms with Gasteiger partial charge in [-0.05, 0) is 29.7 Å². The van der Waals surface area contributed by atoms with Crippen molar-refractivity contribution >= 4 is 17.5 Å². The number of hydrogen-bond donors (Lipinski definition) is 0. The first-order valence-electron chi connectivity index (χ1n) is 8.92. The fraction of sp³-hybridized carbons (Fsp3) is 0.350. The van der Waals surface area contributed by atoms with Crippen molar-refractivity contribution in [3.8, 4) is 0 Å². The lowest BCUT2D eigenvalue weighted by molar-refractivity contribution is -0.483. The standard InChI is InChI=1S/C20H20ClFN2O4/c21-18-7-6-15(9-19(18)22)16(11-24(26)27)10-20(25)23-13-28-12-17(23)8-14-4-2-1-3-5-14/h1-7,9,16-17H,8,10-13H2/t16-,17+/m1/s1. The first-order chi connectivity index (χ1) is 13.4. The normalized spacial score (nSPS) is 17.5. The van der Waals surface area contributed by atoms with Crippen molar-refractivity contribution < 1.29 is 18.8 Å². The van der Waals surface area contributed by atoms with E-state index < -0.39 is 23.2 Å². The highest BCUT2D eigenvalue weighted by Gasteiger charge is 2.32. The minimum atomic E-state index is -0.743. The number of benzene rings is 2. The van der Waals surface area contributed by atoms with Crippen LogP contribution < -0.4 is 0 Å². The minimum Gasteiger partial charge on any atom is -0.359 e. The molecule has 0 radical (unpaired) electrons. The van der Waals surface area contributed by atoms with Gasteiger partial charge in [-0.25, -0.2) is 4.39 Å². The lowest BCUT2D eigenvalue weighted by atomic mass is 9.94. The van der Waals surface area contributed by atoms with E-state index in [4.69, 9.17) is 16.3 Å². The number of nitro groups is 1. The molecule has 1 heterocycles. The van der Waals surface area contributed by atoms with E-state index in [0.717, 1.165) is 11.6 Å². The van der Waals surface area contributed by atoms with Crippen LogP contribution >= 0.6 is 11.6 Å². The summed E-state index contributed by atoms with van der Waals surface area (Å²) in [6.45, 7) is 0.0947. The Balaban J connectivity index is 1.73. The maximum absolute atomic E-state index is 13.8. The Morgan fingerprint density at radius 1 is 1.32 bits per heavy atom. The first kappa shape index (κ1) is 20.2. The van der Waals surface area contributed by atoms with Gasteiger partial charge in [0.2, 0.25) is 12.5 Å². The van der Waals surface area contributed by atoms with E-state index >= 15 is 0 Å². The summed E-state index contributed by atoms with van der Waals surface area (Å²) in [5.74, 6) is -1.65. The molecule has 28 heavy (non-hydrogen) atoms. The Bertz CT molecular complexity index is 849. The van der Waals surface area contributed by atoms with Gasteiger partial charge >= 0.3 is 0 Å². The Kier molecular flexibility index (Phi) is 6.59. The molecule has 8 heteroatoms. The largest absolute Gasteiger partial charge is 0.359 e. The molecule has 2 aromatic rings. The Morgan fingerprint density at radius 3 is 2.75 bits per heavy atom. The monoisotopic (exact) mass is 406 g/mol. The average molecular weight is 407 g/mol. The van der Waals surface area contributed by atoms with Gasteiger partial charge in [0, 0.05) is 11.3 Å². The summed E-state index contributed by atoms with van der Waals surface area (Å²) in [6.07, 6.45) is 0.540. The zero-order valence-electron chi connectivity index (χ0n) is 15.1. The second-order valence-electron chi connectivity index (χ2n) is 6.80. The van der Waals surface area contributed by atoms with Gasteiger partial charge in [0.15, 0.2) is 0 Å². The van der Waals surface area contributed by atoms with Crippen molar-refractivity contribution in [2.24, 2.45) is 0 Å². The van der Waals surface area contributed by atoms with Crippen LogP contribution in [0.2, 0.25) is 5.02 Å². The van der Waals surface area contributed by atoms with E-state index in [-0.39, 0.29) is 30.1 Å². The lowest BCUT2D eigenvalue weighted by Crippen LogP contribution is -2.39. The fourth-order valence-corrected chi connectivity index (χ4v) is 3.49. The Morgan fingerprint density at radius 2 is 2.07 bits per heavy atom. The molecule has 0 aromatic heterocycles. The van der Waals surface area contributed by atoms with Crippen LogP contribution in [0.3, 0.4) is 0 Å². The van der Waals surface area contributed by atoms with Crippen LogP contribution in [0.25, 0.3) is 0 Å².